The van der Waals surface area contributed by atoms with Crippen molar-refractivity contribution in [2.45, 2.75) is 51.9 Å². The summed E-state index contributed by atoms with van der Waals surface area (Å²) in [7, 11) is 0. The summed E-state index contributed by atoms with van der Waals surface area (Å²) in [6.45, 7) is 12.1. The molecule has 17 heavy (non-hydrogen) atoms. The topological polar surface area (TPSA) is 48.3 Å². The van der Waals surface area contributed by atoms with Gasteiger partial charge in [-0.15, -0.1) is 0 Å². The molecule has 4 heteroatoms. The van der Waals surface area contributed by atoms with Gasteiger partial charge in [-0.1, -0.05) is 6.92 Å². The molecule has 1 fully saturated rings. The summed E-state index contributed by atoms with van der Waals surface area (Å²) in [5.74, 6) is 0. The summed E-state index contributed by atoms with van der Waals surface area (Å²) >= 11 is 0. The minimum atomic E-state index is -0.0714. The van der Waals surface area contributed by atoms with Gasteiger partial charge < -0.3 is 10.1 Å². The van der Waals surface area contributed by atoms with Crippen molar-refractivity contribution in [3.05, 3.63) is 0 Å². The van der Waals surface area contributed by atoms with Crippen LogP contribution in [0.25, 0.3) is 0 Å². The Morgan fingerprint density at radius 1 is 1.59 bits per heavy atom. The van der Waals surface area contributed by atoms with Gasteiger partial charge in [-0.25, -0.2) is 0 Å². The minimum absolute atomic E-state index is 0.0266. The second-order valence-corrected chi connectivity index (χ2v) is 5.45. The van der Waals surface area contributed by atoms with E-state index in [2.05, 4.69) is 37.1 Å². The lowest BCUT2D eigenvalue weighted by Gasteiger charge is -2.42. The molecule has 0 bridgehead atoms. The van der Waals surface area contributed by atoms with E-state index in [0.29, 0.717) is 0 Å². The Hall–Kier alpha value is -0.630. The number of nitrogens with zero attached hydrogens (tertiary/aromatic N) is 2. The first-order valence-electron chi connectivity index (χ1n) is 6.50. The minimum Gasteiger partial charge on any atom is -0.370 e. The monoisotopic (exact) mass is 239 g/mol. The number of hydrogen-bond donors (Lipinski definition) is 1. The fourth-order valence-electron chi connectivity index (χ4n) is 2.53. The highest BCUT2D eigenvalue weighted by atomic mass is 16.5. The third-order valence-corrected chi connectivity index (χ3v) is 2.98. The number of ether oxygens (including phenoxy) is 1. The Balaban J connectivity index is 2.38. The normalized spacial score (nSPS) is 26.4. The first-order chi connectivity index (χ1) is 7.96. The van der Waals surface area contributed by atoms with Crippen LogP contribution in [0.5, 0.6) is 0 Å². The maximum atomic E-state index is 8.99. The summed E-state index contributed by atoms with van der Waals surface area (Å²) in [4.78, 5) is 2.40. The summed E-state index contributed by atoms with van der Waals surface area (Å²) in [5, 5.41) is 12.2. The Morgan fingerprint density at radius 2 is 2.29 bits per heavy atom. The molecule has 0 aromatic carbocycles. The van der Waals surface area contributed by atoms with Crippen molar-refractivity contribution in [3.63, 3.8) is 0 Å². The SMILES string of the molecule is CCNC(C#N)CCN1CC(C)OC(C)(C)C1. The maximum Gasteiger partial charge on any atom is 0.0965 e. The number of nitrogens with one attached hydrogen (secondary N) is 1. The summed E-state index contributed by atoms with van der Waals surface area (Å²) in [6, 6.07) is 2.28. The van der Waals surface area contributed by atoms with Crippen molar-refractivity contribution in [1.29, 1.82) is 5.26 Å². The molecule has 0 aromatic heterocycles. The Bertz CT molecular complexity index is 272. The molecule has 0 spiro atoms. The van der Waals surface area contributed by atoms with Crippen LogP contribution in [0.4, 0.5) is 0 Å². The molecule has 0 saturated carbocycles. The molecule has 2 unspecified atom stereocenters. The first kappa shape index (κ1) is 14.4. The van der Waals surface area contributed by atoms with Crippen LogP contribution in [0.15, 0.2) is 0 Å². The molecule has 4 nitrogen and oxygen atoms in total. The van der Waals surface area contributed by atoms with Crippen LogP contribution < -0.4 is 5.32 Å². The predicted molar refractivity (Wildman–Crippen MR) is 68.8 cm³/mol. The molecule has 98 valence electrons. The van der Waals surface area contributed by atoms with Crippen molar-refractivity contribution in [2.75, 3.05) is 26.2 Å². The summed E-state index contributed by atoms with van der Waals surface area (Å²) in [5.41, 5.74) is -0.0714. The largest absolute Gasteiger partial charge is 0.370 e. The molecule has 2 atom stereocenters. The van der Waals surface area contributed by atoms with Crippen LogP contribution >= 0.6 is 0 Å². The summed E-state index contributed by atoms with van der Waals surface area (Å²) < 4.78 is 5.86. The van der Waals surface area contributed by atoms with Crippen LogP contribution in [0, 0.1) is 11.3 Å². The highest BCUT2D eigenvalue weighted by Gasteiger charge is 2.31. The molecule has 1 rings (SSSR count). The number of nitriles is 1. The average Bonchev–Trinajstić information content (AvgIpc) is 2.21. The molecule has 0 aliphatic carbocycles. The van der Waals surface area contributed by atoms with E-state index in [0.717, 1.165) is 32.6 Å². The van der Waals surface area contributed by atoms with Gasteiger partial charge in [0.05, 0.1) is 23.8 Å². The first-order valence-corrected chi connectivity index (χ1v) is 6.50. The Labute approximate surface area is 105 Å². The van der Waals surface area contributed by atoms with Crippen LogP contribution in [0.1, 0.15) is 34.1 Å². The smallest absolute Gasteiger partial charge is 0.0965 e. The zero-order valence-corrected chi connectivity index (χ0v) is 11.5. The fraction of sp³-hybridized carbons (Fsp3) is 0.923. The van der Waals surface area contributed by atoms with Crippen LogP contribution in [0.2, 0.25) is 0 Å². The molecule has 1 N–H and O–H groups in total. The van der Waals surface area contributed by atoms with Gasteiger partial charge in [-0.2, -0.15) is 5.26 Å². The van der Waals surface area contributed by atoms with Crippen LogP contribution in [-0.4, -0.2) is 48.8 Å². The zero-order valence-electron chi connectivity index (χ0n) is 11.5. The highest BCUT2D eigenvalue weighted by Crippen LogP contribution is 2.20. The van der Waals surface area contributed by atoms with Crippen molar-refractivity contribution in [3.8, 4) is 6.07 Å². The average molecular weight is 239 g/mol. The van der Waals surface area contributed by atoms with E-state index in [9.17, 15) is 0 Å². The zero-order chi connectivity index (χ0) is 12.9. The third-order valence-electron chi connectivity index (χ3n) is 2.98. The number of morpholine rings is 1. The van der Waals surface area contributed by atoms with Gasteiger partial charge >= 0.3 is 0 Å². The fourth-order valence-corrected chi connectivity index (χ4v) is 2.53. The summed E-state index contributed by atoms with van der Waals surface area (Å²) in [6.07, 6.45) is 1.16. The Kier molecular flexibility index (Phi) is 5.38. The lowest BCUT2D eigenvalue weighted by atomic mass is 10.0. The van der Waals surface area contributed by atoms with Crippen LogP contribution in [-0.2, 0) is 4.74 Å². The molecule has 1 heterocycles. The van der Waals surface area contributed by atoms with Gasteiger partial charge in [0, 0.05) is 19.6 Å². The number of rotatable bonds is 5. The van der Waals surface area contributed by atoms with Crippen molar-refractivity contribution in [1.82, 2.24) is 10.2 Å². The van der Waals surface area contributed by atoms with Gasteiger partial charge in [0.2, 0.25) is 0 Å². The molecular formula is C13H25N3O. The maximum absolute atomic E-state index is 8.99. The van der Waals surface area contributed by atoms with Gasteiger partial charge in [0.1, 0.15) is 0 Å². The molecule has 0 radical (unpaired) electrons. The van der Waals surface area contributed by atoms with Gasteiger partial charge in [0.15, 0.2) is 0 Å². The lowest BCUT2D eigenvalue weighted by molar-refractivity contribution is -0.128. The van der Waals surface area contributed by atoms with E-state index < -0.39 is 0 Å². The third kappa shape index (κ3) is 5.03. The van der Waals surface area contributed by atoms with E-state index in [1.54, 1.807) is 0 Å². The van der Waals surface area contributed by atoms with E-state index in [-0.39, 0.29) is 17.7 Å². The second kappa shape index (κ2) is 6.34. The molecule has 1 aliphatic heterocycles. The van der Waals surface area contributed by atoms with E-state index in [4.69, 9.17) is 10.00 Å². The lowest BCUT2D eigenvalue weighted by Crippen LogP contribution is -2.52. The van der Waals surface area contributed by atoms with E-state index in [1.165, 1.54) is 0 Å². The predicted octanol–water partition coefficient (Wildman–Crippen LogP) is 1.38. The quantitative estimate of drug-likeness (QED) is 0.787. The van der Waals surface area contributed by atoms with Crippen molar-refractivity contribution >= 4 is 0 Å². The van der Waals surface area contributed by atoms with E-state index >= 15 is 0 Å². The van der Waals surface area contributed by atoms with E-state index in [1.807, 2.05) is 6.92 Å². The van der Waals surface area contributed by atoms with Crippen molar-refractivity contribution < 1.29 is 4.74 Å². The second-order valence-electron chi connectivity index (χ2n) is 5.45. The van der Waals surface area contributed by atoms with Crippen molar-refractivity contribution in [2.24, 2.45) is 0 Å². The molecule has 0 amide bonds. The highest BCUT2D eigenvalue weighted by molar-refractivity contribution is 4.91. The number of hydrogen-bond acceptors (Lipinski definition) is 4. The molecule has 1 saturated heterocycles. The standard InChI is InChI=1S/C13H25N3O/c1-5-15-12(8-14)6-7-16-9-11(2)17-13(3,4)10-16/h11-12,15H,5-7,9-10H2,1-4H3. The Morgan fingerprint density at radius 3 is 2.82 bits per heavy atom. The van der Waals surface area contributed by atoms with Crippen LogP contribution in [0.3, 0.4) is 0 Å². The van der Waals surface area contributed by atoms with Gasteiger partial charge in [-0.3, -0.25) is 4.90 Å². The van der Waals surface area contributed by atoms with Gasteiger partial charge in [0.25, 0.3) is 0 Å². The molecule has 1 aliphatic rings. The molecular weight excluding hydrogens is 214 g/mol. The van der Waals surface area contributed by atoms with Gasteiger partial charge in [-0.05, 0) is 33.7 Å². The molecule has 0 aromatic rings.